The molecule has 5 heteroatoms. The van der Waals surface area contributed by atoms with Gasteiger partial charge < -0.3 is 4.90 Å². The highest BCUT2D eigenvalue weighted by Gasteiger charge is 2.09. The maximum atomic E-state index is 11.6. The molecule has 0 unspecified atom stereocenters. The third-order valence-electron chi connectivity index (χ3n) is 1.88. The fourth-order valence-corrected chi connectivity index (χ4v) is 2.01. The molecule has 0 heterocycles. The highest BCUT2D eigenvalue weighted by molar-refractivity contribution is 8.13. The van der Waals surface area contributed by atoms with E-state index in [1.165, 1.54) is 0 Å². The average molecular weight is 264 g/mol. The molecule has 2 nitrogen and oxygen atoms in total. The number of halogens is 2. The van der Waals surface area contributed by atoms with Crippen molar-refractivity contribution in [1.29, 1.82) is 0 Å². The quantitative estimate of drug-likeness (QED) is 0.747. The number of carbonyl (C=O) groups is 1. The van der Waals surface area contributed by atoms with Crippen LogP contribution in [-0.2, 0) is 0 Å². The third-order valence-corrected chi connectivity index (χ3v) is 3.60. The minimum absolute atomic E-state index is 0.00381. The standard InChI is InChI=1S/C10H11Cl2NOS/c1-3-13(2)10(14)15-7-4-5-8(11)9(12)6-7/h4-6H,3H2,1-2H3. The summed E-state index contributed by atoms with van der Waals surface area (Å²) in [6.45, 7) is 2.61. The number of hydrogen-bond donors (Lipinski definition) is 0. The van der Waals surface area contributed by atoms with Crippen LogP contribution in [0.2, 0.25) is 10.0 Å². The van der Waals surface area contributed by atoms with Gasteiger partial charge in [-0.05, 0) is 36.9 Å². The van der Waals surface area contributed by atoms with Crippen LogP contribution in [0.1, 0.15) is 6.92 Å². The first-order valence-corrected chi connectivity index (χ1v) is 5.99. The first-order chi connectivity index (χ1) is 7.04. The van der Waals surface area contributed by atoms with Crippen LogP contribution >= 0.6 is 35.0 Å². The van der Waals surface area contributed by atoms with Crippen molar-refractivity contribution < 1.29 is 4.79 Å². The van der Waals surface area contributed by atoms with Gasteiger partial charge in [0, 0.05) is 18.5 Å². The van der Waals surface area contributed by atoms with Crippen LogP contribution in [0.5, 0.6) is 0 Å². The van der Waals surface area contributed by atoms with Crippen molar-refractivity contribution in [2.75, 3.05) is 13.6 Å². The molecule has 0 N–H and O–H groups in total. The molecule has 0 saturated heterocycles. The lowest BCUT2D eigenvalue weighted by Crippen LogP contribution is -2.21. The summed E-state index contributed by atoms with van der Waals surface area (Å²) in [5, 5.41) is 0.960. The predicted molar refractivity (Wildman–Crippen MR) is 66.0 cm³/mol. The summed E-state index contributed by atoms with van der Waals surface area (Å²) < 4.78 is 0. The molecule has 82 valence electrons. The number of nitrogens with zero attached hydrogens (tertiary/aromatic N) is 1. The largest absolute Gasteiger partial charge is 0.337 e. The second kappa shape index (κ2) is 5.64. The summed E-state index contributed by atoms with van der Waals surface area (Å²) >= 11 is 12.8. The Morgan fingerprint density at radius 2 is 2.07 bits per heavy atom. The van der Waals surface area contributed by atoms with Crippen LogP contribution < -0.4 is 0 Å². The smallest absolute Gasteiger partial charge is 0.286 e. The summed E-state index contributed by atoms with van der Waals surface area (Å²) in [6.07, 6.45) is 0. The average Bonchev–Trinajstić information content (AvgIpc) is 2.22. The second-order valence-corrected chi connectivity index (χ2v) is 4.80. The van der Waals surface area contributed by atoms with Gasteiger partial charge in [0.15, 0.2) is 0 Å². The summed E-state index contributed by atoms with van der Waals surface area (Å²) in [6, 6.07) is 5.15. The Balaban J connectivity index is 2.73. The van der Waals surface area contributed by atoms with E-state index in [0.717, 1.165) is 16.7 Å². The van der Waals surface area contributed by atoms with Gasteiger partial charge in [0.25, 0.3) is 5.24 Å². The number of amides is 1. The van der Waals surface area contributed by atoms with Crippen molar-refractivity contribution >= 4 is 40.2 Å². The SMILES string of the molecule is CCN(C)C(=O)Sc1ccc(Cl)c(Cl)c1. The van der Waals surface area contributed by atoms with E-state index in [1.54, 1.807) is 30.1 Å². The van der Waals surface area contributed by atoms with E-state index in [-0.39, 0.29) is 5.24 Å². The van der Waals surface area contributed by atoms with Crippen molar-refractivity contribution in [3.63, 3.8) is 0 Å². The fraction of sp³-hybridized carbons (Fsp3) is 0.300. The number of carbonyl (C=O) groups excluding carboxylic acids is 1. The molecule has 0 aliphatic rings. The molecule has 0 atom stereocenters. The molecule has 0 bridgehead atoms. The maximum absolute atomic E-state index is 11.6. The van der Waals surface area contributed by atoms with Crippen molar-refractivity contribution in [1.82, 2.24) is 4.90 Å². The maximum Gasteiger partial charge on any atom is 0.286 e. The molecule has 0 radical (unpaired) electrons. The van der Waals surface area contributed by atoms with Gasteiger partial charge in [-0.15, -0.1) is 0 Å². The highest BCUT2D eigenvalue weighted by atomic mass is 35.5. The molecule has 0 aliphatic carbocycles. The van der Waals surface area contributed by atoms with Crippen LogP contribution in [0.3, 0.4) is 0 Å². The first-order valence-electron chi connectivity index (χ1n) is 4.42. The molecule has 0 fully saturated rings. The van der Waals surface area contributed by atoms with Crippen molar-refractivity contribution in [3.05, 3.63) is 28.2 Å². The Morgan fingerprint density at radius 3 is 2.60 bits per heavy atom. The van der Waals surface area contributed by atoms with Crippen LogP contribution in [-0.4, -0.2) is 23.7 Å². The van der Waals surface area contributed by atoms with E-state index in [1.807, 2.05) is 6.92 Å². The lowest BCUT2D eigenvalue weighted by atomic mass is 10.4. The number of hydrogen-bond acceptors (Lipinski definition) is 2. The van der Waals surface area contributed by atoms with Crippen molar-refractivity contribution in [2.45, 2.75) is 11.8 Å². The van der Waals surface area contributed by atoms with Gasteiger partial charge in [-0.25, -0.2) is 0 Å². The predicted octanol–water partition coefficient (Wildman–Crippen LogP) is 4.16. The van der Waals surface area contributed by atoms with Crippen LogP contribution in [0.4, 0.5) is 4.79 Å². The van der Waals surface area contributed by atoms with Gasteiger partial charge in [0.1, 0.15) is 0 Å². The first kappa shape index (κ1) is 12.7. The highest BCUT2D eigenvalue weighted by Crippen LogP contribution is 2.28. The molecule has 0 aromatic heterocycles. The van der Waals surface area contributed by atoms with Gasteiger partial charge in [-0.3, -0.25) is 4.79 Å². The zero-order chi connectivity index (χ0) is 11.4. The van der Waals surface area contributed by atoms with E-state index in [0.29, 0.717) is 16.6 Å². The zero-order valence-electron chi connectivity index (χ0n) is 8.46. The number of benzene rings is 1. The summed E-state index contributed by atoms with van der Waals surface area (Å²) in [7, 11) is 1.76. The monoisotopic (exact) mass is 263 g/mol. The van der Waals surface area contributed by atoms with E-state index < -0.39 is 0 Å². The molecule has 1 rings (SSSR count). The van der Waals surface area contributed by atoms with Gasteiger partial charge in [0.2, 0.25) is 0 Å². The Kier molecular flexibility index (Phi) is 4.77. The van der Waals surface area contributed by atoms with E-state index in [2.05, 4.69) is 0 Å². The molecule has 1 amide bonds. The summed E-state index contributed by atoms with van der Waals surface area (Å²) in [4.78, 5) is 14.0. The molecule has 1 aromatic carbocycles. The molecule has 0 saturated carbocycles. The summed E-state index contributed by atoms with van der Waals surface area (Å²) in [5.74, 6) is 0. The van der Waals surface area contributed by atoms with Crippen molar-refractivity contribution in [3.8, 4) is 0 Å². The molecule has 1 aromatic rings. The Hall–Kier alpha value is -0.380. The molecule has 0 aliphatic heterocycles. The minimum Gasteiger partial charge on any atom is -0.337 e. The zero-order valence-corrected chi connectivity index (χ0v) is 10.8. The van der Waals surface area contributed by atoms with Gasteiger partial charge in [-0.1, -0.05) is 23.2 Å². The summed E-state index contributed by atoms with van der Waals surface area (Å²) in [5.41, 5.74) is 0. The van der Waals surface area contributed by atoms with E-state index in [4.69, 9.17) is 23.2 Å². The fourth-order valence-electron chi connectivity index (χ4n) is 0.848. The second-order valence-electron chi connectivity index (χ2n) is 2.96. The lowest BCUT2D eigenvalue weighted by molar-refractivity contribution is 0.235. The number of rotatable bonds is 2. The lowest BCUT2D eigenvalue weighted by Gasteiger charge is -2.13. The molecule has 15 heavy (non-hydrogen) atoms. The van der Waals surface area contributed by atoms with Gasteiger partial charge >= 0.3 is 0 Å². The van der Waals surface area contributed by atoms with Crippen LogP contribution in [0, 0.1) is 0 Å². The van der Waals surface area contributed by atoms with E-state index in [9.17, 15) is 4.79 Å². The third kappa shape index (κ3) is 3.59. The Morgan fingerprint density at radius 1 is 1.40 bits per heavy atom. The van der Waals surface area contributed by atoms with Crippen LogP contribution in [0.25, 0.3) is 0 Å². The molecular formula is C10H11Cl2NOS. The molecule has 0 spiro atoms. The van der Waals surface area contributed by atoms with Crippen LogP contribution in [0.15, 0.2) is 23.1 Å². The Labute approximate surface area is 104 Å². The van der Waals surface area contributed by atoms with Gasteiger partial charge in [-0.2, -0.15) is 0 Å². The topological polar surface area (TPSA) is 20.3 Å². The Bertz CT molecular complexity index is 370. The number of thioether (sulfide) groups is 1. The normalized spacial score (nSPS) is 10.1. The van der Waals surface area contributed by atoms with Crippen molar-refractivity contribution in [2.24, 2.45) is 0 Å². The molecular weight excluding hydrogens is 253 g/mol. The minimum atomic E-state index is -0.00381. The van der Waals surface area contributed by atoms with Gasteiger partial charge in [0.05, 0.1) is 10.0 Å². The van der Waals surface area contributed by atoms with E-state index >= 15 is 0 Å².